The monoisotopic (exact) mass is 367 g/mol. The van der Waals surface area contributed by atoms with E-state index in [1.807, 2.05) is 0 Å². The van der Waals surface area contributed by atoms with Gasteiger partial charge in [0, 0.05) is 0 Å². The Bertz CT molecular complexity index is 588. The van der Waals surface area contributed by atoms with Crippen molar-refractivity contribution in [1.29, 1.82) is 0 Å². The third kappa shape index (κ3) is 6.37. The van der Waals surface area contributed by atoms with Gasteiger partial charge in [-0.25, -0.2) is 4.79 Å². The molecule has 1 aliphatic carbocycles. The van der Waals surface area contributed by atoms with Gasteiger partial charge in [-0.3, -0.25) is 0 Å². The molecule has 0 spiro atoms. The molecule has 0 saturated heterocycles. The number of ether oxygens (including phenoxy) is 1. The largest absolute Gasteiger partial charge is 1.00 e. The number of aryl methyl sites for hydroxylation is 1. The van der Waals surface area contributed by atoms with Crippen LogP contribution in [0.3, 0.4) is 0 Å². The molecule has 0 bridgehead atoms. The zero-order valence-electron chi connectivity index (χ0n) is 14.7. The molecule has 1 unspecified atom stereocenters. The molecule has 2 rings (SSSR count). The van der Waals surface area contributed by atoms with E-state index in [-0.39, 0.29) is 57.4 Å². The molecule has 0 aromatic heterocycles. The van der Waals surface area contributed by atoms with Gasteiger partial charge in [0.1, 0.15) is 5.60 Å². The summed E-state index contributed by atoms with van der Waals surface area (Å²) in [6.45, 7) is 0.301. The van der Waals surface area contributed by atoms with Crippen LogP contribution in [-0.2, 0) is 11.2 Å². The number of hydrogen-bond donors (Lipinski definition) is 1. The van der Waals surface area contributed by atoms with E-state index in [2.05, 4.69) is 5.32 Å². The quantitative estimate of drug-likeness (QED) is 0.627. The second-order valence-corrected chi connectivity index (χ2v) is 6.98. The van der Waals surface area contributed by atoms with Crippen LogP contribution in [0.5, 0.6) is 0 Å². The number of fused-ring (bicyclic) bond motifs is 1. The van der Waals surface area contributed by atoms with E-state index >= 15 is 0 Å². The molecule has 1 N–H and O–H groups in total. The Morgan fingerprint density at radius 3 is 2.50 bits per heavy atom. The topological polar surface area (TPSA) is 38.3 Å². The van der Waals surface area contributed by atoms with E-state index in [9.17, 15) is 17.7 Å². The van der Waals surface area contributed by atoms with Gasteiger partial charge in [-0.05, 0) is 51.2 Å². The van der Waals surface area contributed by atoms with Crippen molar-refractivity contribution in [1.82, 2.24) is 5.32 Å². The molecule has 24 heavy (non-hydrogen) atoms. The first-order valence-electron chi connectivity index (χ1n) is 7.88. The Labute approximate surface area is 183 Å². The zero-order chi connectivity index (χ0) is 17.3. The van der Waals surface area contributed by atoms with Gasteiger partial charge in [0.15, 0.2) is 0 Å². The number of amides is 1. The van der Waals surface area contributed by atoms with Crippen LogP contribution < -0.4 is 62.2 Å². The average molecular weight is 367 g/mol. The second kappa shape index (κ2) is 8.58. The van der Waals surface area contributed by atoms with Crippen molar-refractivity contribution < 1.29 is 73.9 Å². The molecule has 0 aliphatic heterocycles. The Morgan fingerprint density at radius 2 is 1.92 bits per heavy atom. The van der Waals surface area contributed by atoms with Crippen LogP contribution in [0.2, 0.25) is 0 Å². The number of alkyl carbamates (subject to hydrolysis) is 1. The molecule has 3 nitrogen and oxygen atoms in total. The molecular weight excluding hydrogens is 345 g/mol. The number of halogens is 3. The van der Waals surface area contributed by atoms with Crippen LogP contribution in [0.4, 0.5) is 17.7 Å². The van der Waals surface area contributed by atoms with Crippen molar-refractivity contribution >= 4 is 18.5 Å². The van der Waals surface area contributed by atoms with Crippen molar-refractivity contribution in [3.05, 3.63) is 29.3 Å². The van der Waals surface area contributed by atoms with Crippen LogP contribution in [0.1, 0.15) is 57.2 Å². The summed E-state index contributed by atoms with van der Waals surface area (Å²) in [6, 6.07) is 3.52. The number of hydrogen-bond acceptors (Lipinski definition) is 2. The van der Waals surface area contributed by atoms with Crippen molar-refractivity contribution in [2.75, 3.05) is 0 Å². The van der Waals surface area contributed by atoms with E-state index in [0.29, 0.717) is 18.4 Å². The Morgan fingerprint density at radius 1 is 1.25 bits per heavy atom. The number of carbonyl (C=O) groups excluding carboxylic acids is 1. The summed E-state index contributed by atoms with van der Waals surface area (Å²) in [5.41, 5.74) is 0.236. The molecule has 1 amide bonds. The molecule has 8 heteroatoms. The maximum Gasteiger partial charge on any atom is 1.00 e. The molecule has 1 aliphatic rings. The molecular formula is C16H22BF3KNO2. The van der Waals surface area contributed by atoms with Gasteiger partial charge in [0.05, 0.1) is 6.04 Å². The van der Waals surface area contributed by atoms with Crippen LogP contribution in [0.15, 0.2) is 18.2 Å². The van der Waals surface area contributed by atoms with E-state index in [1.54, 1.807) is 20.8 Å². The molecule has 128 valence electrons. The summed E-state index contributed by atoms with van der Waals surface area (Å²) in [7, 11) is 0. The summed E-state index contributed by atoms with van der Waals surface area (Å²) in [5, 5.41) is 2.79. The summed E-state index contributed by atoms with van der Waals surface area (Å²) < 4.78 is 44.0. The predicted molar refractivity (Wildman–Crippen MR) is 84.8 cm³/mol. The summed E-state index contributed by atoms with van der Waals surface area (Å²) in [4.78, 5) is 12.0. The molecule has 0 fully saturated rings. The molecule has 0 saturated carbocycles. The van der Waals surface area contributed by atoms with Gasteiger partial charge in [-0.1, -0.05) is 24.6 Å². The molecule has 0 radical (unpaired) electrons. The van der Waals surface area contributed by atoms with Gasteiger partial charge >= 0.3 is 64.5 Å². The van der Waals surface area contributed by atoms with Crippen LogP contribution in [-0.4, -0.2) is 18.7 Å². The molecule has 0 heterocycles. The third-order valence-electron chi connectivity index (χ3n) is 3.80. The fraction of sp³-hybridized carbons (Fsp3) is 0.562. The second-order valence-electron chi connectivity index (χ2n) is 6.98. The van der Waals surface area contributed by atoms with Crippen molar-refractivity contribution in [2.45, 2.75) is 58.1 Å². The number of carbonyl (C=O) groups is 1. The van der Waals surface area contributed by atoms with E-state index in [1.165, 1.54) is 12.1 Å². The van der Waals surface area contributed by atoms with E-state index in [0.717, 1.165) is 24.5 Å². The standard InChI is InChI=1S/C16H22BF3NO2.K/c1-16(2,3)23-15(22)21-14-7-5-4-6-11-10-12(17(18,19)20)8-9-13(11)14;/h8-10,14H,4-7H2,1-3H3,(H,21,22);/q-1;+1. The maximum absolute atomic E-state index is 12.9. The Hall–Kier alpha value is -0.0187. The molecule has 1 aromatic carbocycles. The van der Waals surface area contributed by atoms with Crippen molar-refractivity contribution in [2.24, 2.45) is 0 Å². The Balaban J connectivity index is 0.00000288. The van der Waals surface area contributed by atoms with E-state index in [4.69, 9.17) is 4.74 Å². The van der Waals surface area contributed by atoms with Gasteiger partial charge < -0.3 is 23.0 Å². The van der Waals surface area contributed by atoms with Gasteiger partial charge in [-0.15, -0.1) is 5.46 Å². The summed E-state index contributed by atoms with van der Waals surface area (Å²) in [6.07, 6.45) is 2.42. The smallest absolute Gasteiger partial charge is 0.445 e. The Kier molecular flexibility index (Phi) is 7.87. The van der Waals surface area contributed by atoms with Crippen LogP contribution >= 0.6 is 0 Å². The zero-order valence-corrected chi connectivity index (χ0v) is 17.8. The normalized spacial score (nSPS) is 18.0. The van der Waals surface area contributed by atoms with Gasteiger partial charge in [0.2, 0.25) is 0 Å². The van der Waals surface area contributed by atoms with Crippen molar-refractivity contribution in [3.8, 4) is 0 Å². The van der Waals surface area contributed by atoms with Crippen LogP contribution in [0, 0.1) is 0 Å². The minimum atomic E-state index is -5.01. The number of rotatable bonds is 2. The van der Waals surface area contributed by atoms with Crippen LogP contribution in [0.25, 0.3) is 0 Å². The minimum Gasteiger partial charge on any atom is -0.445 e. The first-order valence-corrected chi connectivity index (χ1v) is 7.88. The molecule has 1 atom stereocenters. The number of benzene rings is 1. The number of nitrogens with one attached hydrogen (secondary N) is 1. The van der Waals surface area contributed by atoms with Gasteiger partial charge in [-0.2, -0.15) is 0 Å². The average Bonchev–Trinajstić information content (AvgIpc) is 2.57. The summed E-state index contributed by atoms with van der Waals surface area (Å²) in [5.74, 6) is 0. The molecule has 1 aromatic rings. The third-order valence-corrected chi connectivity index (χ3v) is 3.80. The summed E-state index contributed by atoms with van der Waals surface area (Å²) >= 11 is 0. The fourth-order valence-corrected chi connectivity index (χ4v) is 2.80. The van der Waals surface area contributed by atoms with Crippen molar-refractivity contribution in [3.63, 3.8) is 0 Å². The van der Waals surface area contributed by atoms with E-state index < -0.39 is 24.1 Å². The minimum absolute atomic E-state index is 0. The predicted octanol–water partition coefficient (Wildman–Crippen LogP) is 1.04. The first-order chi connectivity index (χ1) is 10.6. The SMILES string of the molecule is CC(C)(C)OC(=O)NC1CCCCc2cc([B-](F)(F)F)ccc21.[K+]. The maximum atomic E-state index is 12.9. The van der Waals surface area contributed by atoms with Gasteiger partial charge in [0.25, 0.3) is 0 Å². The fourth-order valence-electron chi connectivity index (χ4n) is 2.80. The first kappa shape index (κ1) is 22.0.